The summed E-state index contributed by atoms with van der Waals surface area (Å²) in [6.07, 6.45) is 3.52. The van der Waals surface area contributed by atoms with Gasteiger partial charge in [-0.1, -0.05) is 6.92 Å². The lowest BCUT2D eigenvalue weighted by atomic mass is 10.2. The number of hydrogen-bond donors (Lipinski definition) is 1. The van der Waals surface area contributed by atoms with Gasteiger partial charge in [0.05, 0.1) is 11.6 Å². The first-order chi connectivity index (χ1) is 8.15. The summed E-state index contributed by atoms with van der Waals surface area (Å²) in [7, 11) is 0. The van der Waals surface area contributed by atoms with Crippen LogP contribution >= 0.6 is 0 Å². The molecule has 2 aromatic heterocycles. The molecular weight excluding hydrogens is 222 g/mol. The van der Waals surface area contributed by atoms with Gasteiger partial charge in [0, 0.05) is 12.7 Å². The lowest BCUT2D eigenvalue weighted by Crippen LogP contribution is -2.19. The molecule has 2 heterocycles. The Balaban J connectivity index is 2.84. The van der Waals surface area contributed by atoms with Gasteiger partial charge in [-0.15, -0.1) is 5.10 Å². The molecule has 2 rings (SSSR count). The Hall–Kier alpha value is -2.24. The first kappa shape index (κ1) is 11.3. The van der Waals surface area contributed by atoms with Gasteiger partial charge in [0.1, 0.15) is 5.56 Å². The number of nitrogens with zero attached hydrogens (tertiary/aromatic N) is 3. The van der Waals surface area contributed by atoms with E-state index < -0.39 is 11.4 Å². The third kappa shape index (κ3) is 1.89. The number of pyridine rings is 1. The van der Waals surface area contributed by atoms with Gasteiger partial charge in [-0.05, 0) is 12.5 Å². The number of fused-ring (bicyclic) bond motifs is 1. The molecule has 0 spiro atoms. The van der Waals surface area contributed by atoms with E-state index in [1.807, 2.05) is 6.92 Å². The molecule has 6 nitrogen and oxygen atoms in total. The van der Waals surface area contributed by atoms with Crippen LogP contribution in [0.2, 0.25) is 0 Å². The summed E-state index contributed by atoms with van der Waals surface area (Å²) in [5.74, 6) is -1.22. The summed E-state index contributed by atoms with van der Waals surface area (Å²) in [6, 6.07) is 1.49. The van der Waals surface area contributed by atoms with E-state index in [2.05, 4.69) is 10.2 Å². The van der Waals surface area contributed by atoms with Gasteiger partial charge in [0.15, 0.2) is 5.65 Å². The Kier molecular flexibility index (Phi) is 2.86. The molecule has 0 unspecified atom stereocenters. The quantitative estimate of drug-likeness (QED) is 0.851. The van der Waals surface area contributed by atoms with Crippen molar-refractivity contribution in [1.29, 1.82) is 0 Å². The van der Waals surface area contributed by atoms with Gasteiger partial charge in [0.2, 0.25) is 5.43 Å². The minimum atomic E-state index is -1.22. The molecule has 0 saturated carbocycles. The second kappa shape index (κ2) is 4.32. The maximum atomic E-state index is 11.9. The minimum Gasteiger partial charge on any atom is -0.477 e. The highest BCUT2D eigenvalue weighted by Crippen LogP contribution is 2.08. The Morgan fingerprint density at radius 2 is 2.29 bits per heavy atom. The number of carbonyl (C=O) groups is 1. The molecule has 17 heavy (non-hydrogen) atoms. The van der Waals surface area contributed by atoms with Crippen LogP contribution < -0.4 is 5.43 Å². The van der Waals surface area contributed by atoms with Gasteiger partial charge < -0.3 is 9.67 Å². The standard InChI is InChI=1S/C11H11N3O3/c1-2-5-14-6-8(11(16)17)9(15)7-3-4-12-13-10(7)14/h3-4,6H,2,5H2,1H3,(H,16,17). The lowest BCUT2D eigenvalue weighted by molar-refractivity contribution is 0.0695. The zero-order valence-electron chi connectivity index (χ0n) is 9.25. The van der Waals surface area contributed by atoms with Crippen LogP contribution in [0.25, 0.3) is 11.0 Å². The monoisotopic (exact) mass is 233 g/mol. The average molecular weight is 233 g/mol. The third-order valence-electron chi connectivity index (χ3n) is 2.44. The van der Waals surface area contributed by atoms with Crippen LogP contribution in [0.5, 0.6) is 0 Å². The topological polar surface area (TPSA) is 85.1 Å². The molecule has 0 saturated heterocycles. The average Bonchev–Trinajstić information content (AvgIpc) is 2.33. The lowest BCUT2D eigenvalue weighted by Gasteiger charge is -2.08. The summed E-state index contributed by atoms with van der Waals surface area (Å²) in [6.45, 7) is 2.55. The molecule has 0 fully saturated rings. The summed E-state index contributed by atoms with van der Waals surface area (Å²) >= 11 is 0. The van der Waals surface area contributed by atoms with Gasteiger partial charge in [-0.3, -0.25) is 4.79 Å². The summed E-state index contributed by atoms with van der Waals surface area (Å²) in [5.41, 5.74) is -0.335. The van der Waals surface area contributed by atoms with E-state index >= 15 is 0 Å². The number of aromatic carboxylic acids is 1. The minimum absolute atomic E-state index is 0.237. The van der Waals surface area contributed by atoms with Crippen molar-refractivity contribution in [2.45, 2.75) is 19.9 Å². The van der Waals surface area contributed by atoms with Crippen LogP contribution in [0, 0.1) is 0 Å². The van der Waals surface area contributed by atoms with Crippen molar-refractivity contribution in [3.05, 3.63) is 34.2 Å². The number of hydrogen-bond acceptors (Lipinski definition) is 4. The Labute approximate surface area is 96.5 Å². The van der Waals surface area contributed by atoms with Gasteiger partial charge in [-0.25, -0.2) is 4.79 Å². The van der Waals surface area contributed by atoms with E-state index in [1.165, 1.54) is 18.5 Å². The highest BCUT2D eigenvalue weighted by molar-refractivity contribution is 5.91. The Morgan fingerprint density at radius 1 is 1.53 bits per heavy atom. The summed E-state index contributed by atoms with van der Waals surface area (Å²) < 4.78 is 1.65. The van der Waals surface area contributed by atoms with Crippen molar-refractivity contribution < 1.29 is 9.90 Å². The number of aryl methyl sites for hydroxylation is 1. The molecule has 1 N–H and O–H groups in total. The molecule has 0 aliphatic heterocycles. The fraction of sp³-hybridized carbons (Fsp3) is 0.273. The van der Waals surface area contributed by atoms with Crippen LogP contribution in [0.1, 0.15) is 23.7 Å². The predicted octanol–water partition coefficient (Wildman–Crippen LogP) is 0.900. The number of rotatable bonds is 3. The number of aromatic nitrogens is 3. The van der Waals surface area contributed by atoms with Crippen molar-refractivity contribution in [3.8, 4) is 0 Å². The van der Waals surface area contributed by atoms with Crippen molar-refractivity contribution in [3.63, 3.8) is 0 Å². The van der Waals surface area contributed by atoms with E-state index in [1.54, 1.807) is 4.57 Å². The van der Waals surface area contributed by atoms with Crippen molar-refractivity contribution >= 4 is 17.0 Å². The number of carboxylic acid groups (broad SMARTS) is 1. The molecule has 0 aromatic carbocycles. The van der Waals surface area contributed by atoms with E-state index in [-0.39, 0.29) is 10.9 Å². The first-order valence-corrected chi connectivity index (χ1v) is 5.23. The SMILES string of the molecule is CCCn1cc(C(=O)O)c(=O)c2ccnnc21. The second-order valence-electron chi connectivity index (χ2n) is 3.64. The highest BCUT2D eigenvalue weighted by atomic mass is 16.4. The normalized spacial score (nSPS) is 10.6. The maximum absolute atomic E-state index is 11.9. The van der Waals surface area contributed by atoms with E-state index in [9.17, 15) is 9.59 Å². The highest BCUT2D eigenvalue weighted by Gasteiger charge is 2.14. The van der Waals surface area contributed by atoms with Crippen LogP contribution in [0.3, 0.4) is 0 Å². The van der Waals surface area contributed by atoms with E-state index in [0.717, 1.165) is 6.42 Å². The molecule has 0 atom stereocenters. The molecule has 0 aliphatic rings. The van der Waals surface area contributed by atoms with Crippen molar-refractivity contribution in [2.75, 3.05) is 0 Å². The maximum Gasteiger partial charge on any atom is 0.341 e. The molecule has 88 valence electrons. The smallest absolute Gasteiger partial charge is 0.341 e. The van der Waals surface area contributed by atoms with Crippen molar-refractivity contribution in [2.24, 2.45) is 0 Å². The Morgan fingerprint density at radius 3 is 2.94 bits per heavy atom. The third-order valence-corrected chi connectivity index (χ3v) is 2.44. The summed E-state index contributed by atoms with van der Waals surface area (Å²) in [5, 5.41) is 16.8. The van der Waals surface area contributed by atoms with Crippen molar-refractivity contribution in [1.82, 2.24) is 14.8 Å². The van der Waals surface area contributed by atoms with E-state index in [0.29, 0.717) is 12.2 Å². The zero-order valence-corrected chi connectivity index (χ0v) is 9.25. The van der Waals surface area contributed by atoms with E-state index in [4.69, 9.17) is 5.11 Å². The molecule has 6 heteroatoms. The van der Waals surface area contributed by atoms with Gasteiger partial charge in [0.25, 0.3) is 0 Å². The molecule has 0 bridgehead atoms. The van der Waals surface area contributed by atoms with Crippen LogP contribution in [0.15, 0.2) is 23.3 Å². The van der Waals surface area contributed by atoms with Crippen LogP contribution in [-0.2, 0) is 6.54 Å². The predicted molar refractivity (Wildman–Crippen MR) is 61.0 cm³/mol. The first-order valence-electron chi connectivity index (χ1n) is 5.23. The number of carboxylic acids is 1. The fourth-order valence-electron chi connectivity index (χ4n) is 1.70. The molecule has 0 aliphatic carbocycles. The second-order valence-corrected chi connectivity index (χ2v) is 3.64. The van der Waals surface area contributed by atoms with Crippen LogP contribution in [-0.4, -0.2) is 25.8 Å². The summed E-state index contributed by atoms with van der Waals surface area (Å²) in [4.78, 5) is 22.8. The fourth-order valence-corrected chi connectivity index (χ4v) is 1.70. The molecular formula is C11H11N3O3. The van der Waals surface area contributed by atoms with Crippen LogP contribution in [0.4, 0.5) is 0 Å². The molecule has 2 aromatic rings. The molecule has 0 amide bonds. The van der Waals surface area contributed by atoms with Gasteiger partial charge >= 0.3 is 5.97 Å². The zero-order chi connectivity index (χ0) is 12.4. The van der Waals surface area contributed by atoms with Gasteiger partial charge in [-0.2, -0.15) is 5.10 Å². The molecule has 0 radical (unpaired) electrons. The largest absolute Gasteiger partial charge is 0.477 e. The Bertz CT molecular complexity index is 633.